The maximum absolute atomic E-state index is 13.5. The molecule has 1 aromatic carbocycles. The van der Waals surface area contributed by atoms with Crippen LogP contribution in [-0.4, -0.2) is 29.8 Å². The molecule has 1 unspecified atom stereocenters. The molecule has 0 aromatic heterocycles. The first-order chi connectivity index (χ1) is 8.59. The van der Waals surface area contributed by atoms with Gasteiger partial charge in [-0.2, -0.15) is 0 Å². The summed E-state index contributed by atoms with van der Waals surface area (Å²) in [5, 5.41) is 0. The van der Waals surface area contributed by atoms with Crippen LogP contribution in [0.15, 0.2) is 24.3 Å². The lowest BCUT2D eigenvalue weighted by Crippen LogP contribution is -2.37. The van der Waals surface area contributed by atoms with Crippen molar-refractivity contribution in [3.8, 4) is 0 Å². The van der Waals surface area contributed by atoms with Crippen LogP contribution in [0.25, 0.3) is 0 Å². The molecule has 1 aromatic rings. The maximum Gasteiger partial charge on any atom is 0.179 e. The molecule has 3 heteroatoms. The minimum Gasteiger partial charge on any atom is -0.293 e. The van der Waals surface area contributed by atoms with Crippen molar-refractivity contribution in [1.82, 2.24) is 4.90 Å². The minimum absolute atomic E-state index is 0.111. The SMILES string of the molecule is CC(C)C1CCCN1CC(=O)c1ccccc1F. The van der Waals surface area contributed by atoms with Crippen molar-refractivity contribution in [1.29, 1.82) is 0 Å². The Morgan fingerprint density at radius 3 is 2.83 bits per heavy atom. The molecule has 0 amide bonds. The topological polar surface area (TPSA) is 20.3 Å². The van der Waals surface area contributed by atoms with Crippen LogP contribution in [0, 0.1) is 11.7 Å². The fourth-order valence-electron chi connectivity index (χ4n) is 2.76. The van der Waals surface area contributed by atoms with E-state index in [1.807, 2.05) is 0 Å². The number of hydrogen-bond acceptors (Lipinski definition) is 2. The van der Waals surface area contributed by atoms with Gasteiger partial charge in [-0.3, -0.25) is 9.69 Å². The molecular formula is C15H20FNO. The van der Waals surface area contributed by atoms with Crippen molar-refractivity contribution in [3.63, 3.8) is 0 Å². The number of nitrogens with zero attached hydrogens (tertiary/aromatic N) is 1. The van der Waals surface area contributed by atoms with E-state index in [1.165, 1.54) is 6.07 Å². The van der Waals surface area contributed by atoms with E-state index < -0.39 is 5.82 Å². The van der Waals surface area contributed by atoms with Crippen molar-refractivity contribution >= 4 is 5.78 Å². The second-order valence-electron chi connectivity index (χ2n) is 5.33. The van der Waals surface area contributed by atoms with E-state index in [4.69, 9.17) is 0 Å². The molecule has 98 valence electrons. The van der Waals surface area contributed by atoms with Gasteiger partial charge < -0.3 is 0 Å². The summed E-state index contributed by atoms with van der Waals surface area (Å²) in [5.41, 5.74) is 0.215. The summed E-state index contributed by atoms with van der Waals surface area (Å²) in [7, 11) is 0. The van der Waals surface area contributed by atoms with Gasteiger partial charge in [0, 0.05) is 6.04 Å². The molecule has 1 fully saturated rings. The molecule has 2 nitrogen and oxygen atoms in total. The van der Waals surface area contributed by atoms with Gasteiger partial charge in [-0.15, -0.1) is 0 Å². The largest absolute Gasteiger partial charge is 0.293 e. The van der Waals surface area contributed by atoms with Crippen LogP contribution in [0.4, 0.5) is 4.39 Å². The minimum atomic E-state index is -0.414. The summed E-state index contributed by atoms with van der Waals surface area (Å²) < 4.78 is 13.5. The molecule has 0 N–H and O–H groups in total. The molecule has 18 heavy (non-hydrogen) atoms. The number of halogens is 1. The summed E-state index contributed by atoms with van der Waals surface area (Å²) in [6.07, 6.45) is 2.27. The second kappa shape index (κ2) is 5.61. The van der Waals surface area contributed by atoms with E-state index in [2.05, 4.69) is 18.7 Å². The molecule has 2 rings (SSSR count). The lowest BCUT2D eigenvalue weighted by molar-refractivity contribution is 0.0900. The molecule has 0 saturated carbocycles. The number of likely N-dealkylation sites (tertiary alicyclic amines) is 1. The summed E-state index contributed by atoms with van der Waals surface area (Å²) >= 11 is 0. The van der Waals surface area contributed by atoms with Crippen LogP contribution in [0.2, 0.25) is 0 Å². The molecule has 1 heterocycles. The molecule has 0 spiro atoms. The molecular weight excluding hydrogens is 229 g/mol. The number of benzene rings is 1. The fourth-order valence-corrected chi connectivity index (χ4v) is 2.76. The molecule has 0 bridgehead atoms. The number of carbonyl (C=O) groups excluding carboxylic acids is 1. The van der Waals surface area contributed by atoms with Gasteiger partial charge >= 0.3 is 0 Å². The molecule has 1 saturated heterocycles. The van der Waals surface area contributed by atoms with Crippen molar-refractivity contribution in [2.24, 2.45) is 5.92 Å². The monoisotopic (exact) mass is 249 g/mol. The van der Waals surface area contributed by atoms with E-state index in [1.54, 1.807) is 18.2 Å². The molecule has 1 atom stereocenters. The van der Waals surface area contributed by atoms with Crippen molar-refractivity contribution in [2.45, 2.75) is 32.7 Å². The Morgan fingerprint density at radius 1 is 1.44 bits per heavy atom. The zero-order valence-electron chi connectivity index (χ0n) is 11.0. The van der Waals surface area contributed by atoms with Crippen molar-refractivity contribution in [2.75, 3.05) is 13.1 Å². The maximum atomic E-state index is 13.5. The van der Waals surface area contributed by atoms with Gasteiger partial charge in [-0.1, -0.05) is 26.0 Å². The standard InChI is InChI=1S/C15H20FNO/c1-11(2)14-8-5-9-17(14)10-15(18)12-6-3-4-7-13(12)16/h3-4,6-7,11,14H,5,8-10H2,1-2H3. The highest BCUT2D eigenvalue weighted by atomic mass is 19.1. The predicted octanol–water partition coefficient (Wildman–Crippen LogP) is 3.13. The Kier molecular flexibility index (Phi) is 4.12. The molecule has 0 aliphatic carbocycles. The number of rotatable bonds is 4. The summed E-state index contributed by atoms with van der Waals surface area (Å²) in [6, 6.07) is 6.69. The van der Waals surface area contributed by atoms with Gasteiger partial charge in [0.15, 0.2) is 5.78 Å². The average molecular weight is 249 g/mol. The molecule has 0 radical (unpaired) electrons. The van der Waals surface area contributed by atoms with Crippen LogP contribution in [0.5, 0.6) is 0 Å². The van der Waals surface area contributed by atoms with Crippen molar-refractivity contribution < 1.29 is 9.18 Å². The van der Waals surface area contributed by atoms with Crippen LogP contribution >= 0.6 is 0 Å². The number of carbonyl (C=O) groups is 1. The normalized spacial score (nSPS) is 20.6. The highest BCUT2D eigenvalue weighted by Gasteiger charge is 2.29. The second-order valence-corrected chi connectivity index (χ2v) is 5.33. The number of Topliss-reactive ketones (excluding diaryl/α,β-unsaturated/α-hetero) is 1. The number of ketones is 1. The van der Waals surface area contributed by atoms with Crippen molar-refractivity contribution in [3.05, 3.63) is 35.6 Å². The van der Waals surface area contributed by atoms with Crippen LogP contribution in [0.1, 0.15) is 37.0 Å². The highest BCUT2D eigenvalue weighted by Crippen LogP contribution is 2.24. The van der Waals surface area contributed by atoms with Gasteiger partial charge in [0.25, 0.3) is 0 Å². The van der Waals surface area contributed by atoms with Crippen LogP contribution in [0.3, 0.4) is 0 Å². The summed E-state index contributed by atoms with van der Waals surface area (Å²) in [4.78, 5) is 14.3. The third-order valence-electron chi connectivity index (χ3n) is 3.70. The van der Waals surface area contributed by atoms with E-state index in [9.17, 15) is 9.18 Å². The zero-order valence-corrected chi connectivity index (χ0v) is 11.0. The van der Waals surface area contributed by atoms with E-state index in [0.717, 1.165) is 19.4 Å². The first kappa shape index (κ1) is 13.2. The lowest BCUT2D eigenvalue weighted by atomic mass is 10.0. The van der Waals surface area contributed by atoms with Crippen LogP contribution in [-0.2, 0) is 0 Å². The third-order valence-corrected chi connectivity index (χ3v) is 3.70. The third kappa shape index (κ3) is 2.78. The van der Waals surface area contributed by atoms with Crippen LogP contribution < -0.4 is 0 Å². The smallest absolute Gasteiger partial charge is 0.179 e. The van der Waals surface area contributed by atoms with Gasteiger partial charge in [0.05, 0.1) is 12.1 Å². The van der Waals surface area contributed by atoms with Gasteiger partial charge in [-0.05, 0) is 37.4 Å². The van der Waals surface area contributed by atoms with Gasteiger partial charge in [0.2, 0.25) is 0 Å². The Balaban J connectivity index is 2.06. The summed E-state index contributed by atoms with van der Waals surface area (Å²) in [6.45, 7) is 5.64. The average Bonchev–Trinajstić information content (AvgIpc) is 2.77. The first-order valence-electron chi connectivity index (χ1n) is 6.61. The van der Waals surface area contributed by atoms with E-state index >= 15 is 0 Å². The zero-order chi connectivity index (χ0) is 13.1. The number of hydrogen-bond donors (Lipinski definition) is 0. The Labute approximate surface area is 108 Å². The Bertz CT molecular complexity index is 430. The molecule has 1 aliphatic rings. The molecule has 1 aliphatic heterocycles. The fraction of sp³-hybridized carbons (Fsp3) is 0.533. The summed E-state index contributed by atoms with van der Waals surface area (Å²) in [5.74, 6) is 0.0179. The quantitative estimate of drug-likeness (QED) is 0.764. The first-order valence-corrected chi connectivity index (χ1v) is 6.61. The van der Waals surface area contributed by atoms with E-state index in [0.29, 0.717) is 18.5 Å². The van der Waals surface area contributed by atoms with Gasteiger partial charge in [-0.25, -0.2) is 4.39 Å². The highest BCUT2D eigenvalue weighted by molar-refractivity contribution is 5.97. The Morgan fingerprint density at radius 2 is 2.17 bits per heavy atom. The lowest BCUT2D eigenvalue weighted by Gasteiger charge is -2.26. The van der Waals surface area contributed by atoms with E-state index in [-0.39, 0.29) is 11.3 Å². The predicted molar refractivity (Wildman–Crippen MR) is 70.2 cm³/mol. The van der Waals surface area contributed by atoms with Gasteiger partial charge in [0.1, 0.15) is 5.82 Å². The Hall–Kier alpha value is -1.22.